The highest BCUT2D eigenvalue weighted by Crippen LogP contribution is 2.27. The molecule has 2 aliphatic rings. The van der Waals surface area contributed by atoms with Gasteiger partial charge >= 0.3 is 0 Å². The van der Waals surface area contributed by atoms with Gasteiger partial charge in [-0.3, -0.25) is 9.69 Å². The molecule has 0 aromatic carbocycles. The first-order valence-corrected chi connectivity index (χ1v) is 7.51. The van der Waals surface area contributed by atoms with Gasteiger partial charge < -0.3 is 15.4 Å². The Bertz CT molecular complexity index is 280. The first kappa shape index (κ1) is 14.8. The molecule has 0 aromatic heterocycles. The highest BCUT2D eigenvalue weighted by molar-refractivity contribution is 5.78. The van der Waals surface area contributed by atoms with Crippen molar-refractivity contribution in [3.05, 3.63) is 0 Å². The number of rotatable bonds is 6. The van der Waals surface area contributed by atoms with Crippen molar-refractivity contribution in [3.63, 3.8) is 0 Å². The maximum atomic E-state index is 11.9. The van der Waals surface area contributed by atoms with E-state index in [0.29, 0.717) is 25.7 Å². The van der Waals surface area contributed by atoms with Crippen LogP contribution in [0, 0.1) is 5.92 Å². The summed E-state index contributed by atoms with van der Waals surface area (Å²) in [6, 6.07) is 0.598. The fraction of sp³-hybridized carbons (Fsp3) is 0.929. The number of methoxy groups -OCH3 is 1. The van der Waals surface area contributed by atoms with Gasteiger partial charge in [-0.25, -0.2) is 0 Å². The Morgan fingerprint density at radius 3 is 3.05 bits per heavy atom. The Kier molecular flexibility index (Phi) is 6.07. The smallest absolute Gasteiger partial charge is 0.234 e. The zero-order chi connectivity index (χ0) is 13.5. The monoisotopic (exact) mass is 269 g/mol. The molecule has 1 amide bonds. The third-order valence-corrected chi connectivity index (χ3v) is 4.27. The largest absolute Gasteiger partial charge is 0.383 e. The zero-order valence-electron chi connectivity index (χ0n) is 12.0. The molecule has 0 radical (unpaired) electrons. The van der Waals surface area contributed by atoms with E-state index in [1.807, 2.05) is 0 Å². The number of likely N-dealkylation sites (tertiary alicyclic amines) is 1. The van der Waals surface area contributed by atoms with E-state index < -0.39 is 0 Å². The second-order valence-electron chi connectivity index (χ2n) is 5.63. The predicted molar refractivity (Wildman–Crippen MR) is 75.1 cm³/mol. The van der Waals surface area contributed by atoms with Gasteiger partial charge in [-0.05, 0) is 51.2 Å². The van der Waals surface area contributed by atoms with Gasteiger partial charge in [0.15, 0.2) is 0 Å². The van der Waals surface area contributed by atoms with Crippen LogP contribution in [0.2, 0.25) is 0 Å². The number of amides is 1. The average Bonchev–Trinajstić information content (AvgIpc) is 2.88. The summed E-state index contributed by atoms with van der Waals surface area (Å²) >= 11 is 0. The first-order chi connectivity index (χ1) is 9.31. The van der Waals surface area contributed by atoms with Crippen LogP contribution < -0.4 is 10.6 Å². The molecule has 2 heterocycles. The molecule has 0 spiro atoms. The van der Waals surface area contributed by atoms with E-state index in [1.165, 1.54) is 25.7 Å². The van der Waals surface area contributed by atoms with Crippen molar-refractivity contribution in [2.45, 2.75) is 31.7 Å². The number of nitrogens with zero attached hydrogens (tertiary/aromatic N) is 1. The molecule has 0 bridgehead atoms. The van der Waals surface area contributed by atoms with Gasteiger partial charge in [0.05, 0.1) is 13.2 Å². The molecule has 2 N–H and O–H groups in total. The minimum Gasteiger partial charge on any atom is -0.383 e. The predicted octanol–water partition coefficient (Wildman–Crippen LogP) is 0.213. The number of hydrogen-bond acceptors (Lipinski definition) is 4. The van der Waals surface area contributed by atoms with Crippen LogP contribution in [0.3, 0.4) is 0 Å². The van der Waals surface area contributed by atoms with Crippen molar-refractivity contribution < 1.29 is 9.53 Å². The molecule has 0 aliphatic carbocycles. The van der Waals surface area contributed by atoms with Crippen LogP contribution >= 0.6 is 0 Å². The Morgan fingerprint density at radius 2 is 2.32 bits per heavy atom. The van der Waals surface area contributed by atoms with Gasteiger partial charge in [0.25, 0.3) is 0 Å². The van der Waals surface area contributed by atoms with Gasteiger partial charge in [-0.15, -0.1) is 0 Å². The summed E-state index contributed by atoms with van der Waals surface area (Å²) in [5.74, 6) is 0.857. The van der Waals surface area contributed by atoms with Crippen LogP contribution in [0.25, 0.3) is 0 Å². The van der Waals surface area contributed by atoms with Gasteiger partial charge in [-0.1, -0.05) is 0 Å². The molecule has 2 fully saturated rings. The summed E-state index contributed by atoms with van der Waals surface area (Å²) in [6.07, 6.45) is 5.05. The lowest BCUT2D eigenvalue weighted by Crippen LogP contribution is -2.46. The van der Waals surface area contributed by atoms with Crippen LogP contribution in [0.1, 0.15) is 25.7 Å². The Hall–Kier alpha value is -0.650. The molecule has 5 nitrogen and oxygen atoms in total. The first-order valence-electron chi connectivity index (χ1n) is 7.51. The summed E-state index contributed by atoms with van der Waals surface area (Å²) in [5, 5.41) is 6.40. The molecule has 2 rings (SSSR count). The second-order valence-corrected chi connectivity index (χ2v) is 5.63. The fourth-order valence-corrected chi connectivity index (χ4v) is 3.32. The van der Waals surface area contributed by atoms with E-state index in [0.717, 1.165) is 25.6 Å². The lowest BCUT2D eigenvalue weighted by Gasteiger charge is -2.34. The van der Waals surface area contributed by atoms with E-state index in [4.69, 9.17) is 4.74 Å². The molecule has 0 saturated carbocycles. The molecule has 2 aliphatic heterocycles. The molecule has 2 unspecified atom stereocenters. The number of piperidine rings is 1. The maximum absolute atomic E-state index is 11.9. The van der Waals surface area contributed by atoms with E-state index in [2.05, 4.69) is 15.5 Å². The fourth-order valence-electron chi connectivity index (χ4n) is 3.32. The van der Waals surface area contributed by atoms with Gasteiger partial charge in [0, 0.05) is 19.7 Å². The zero-order valence-corrected chi connectivity index (χ0v) is 12.0. The quantitative estimate of drug-likeness (QED) is 0.677. The third-order valence-electron chi connectivity index (χ3n) is 4.27. The van der Waals surface area contributed by atoms with Crippen molar-refractivity contribution in [2.75, 3.05) is 46.4 Å². The molecule has 110 valence electrons. The molecular formula is C14H27N3O2. The summed E-state index contributed by atoms with van der Waals surface area (Å²) in [7, 11) is 1.65. The summed E-state index contributed by atoms with van der Waals surface area (Å²) in [6.45, 7) is 5.08. The summed E-state index contributed by atoms with van der Waals surface area (Å²) in [5.41, 5.74) is 0. The maximum Gasteiger partial charge on any atom is 0.234 e. The van der Waals surface area contributed by atoms with Gasteiger partial charge in [0.2, 0.25) is 5.91 Å². The Balaban J connectivity index is 1.76. The Labute approximate surface area is 116 Å². The van der Waals surface area contributed by atoms with Crippen molar-refractivity contribution in [1.29, 1.82) is 0 Å². The number of carbonyl (C=O) groups is 1. The van der Waals surface area contributed by atoms with Crippen LogP contribution in [-0.4, -0.2) is 63.3 Å². The van der Waals surface area contributed by atoms with Crippen LogP contribution in [0.5, 0.6) is 0 Å². The van der Waals surface area contributed by atoms with E-state index in [-0.39, 0.29) is 5.91 Å². The number of ether oxygens (including phenoxy) is 1. The van der Waals surface area contributed by atoms with Crippen LogP contribution in [-0.2, 0) is 9.53 Å². The lowest BCUT2D eigenvalue weighted by molar-refractivity contribution is -0.122. The minimum atomic E-state index is 0.132. The normalized spacial score (nSPS) is 28.5. The second kappa shape index (κ2) is 7.82. The lowest BCUT2D eigenvalue weighted by atomic mass is 9.90. The van der Waals surface area contributed by atoms with Crippen molar-refractivity contribution in [2.24, 2.45) is 5.92 Å². The van der Waals surface area contributed by atoms with E-state index >= 15 is 0 Å². The molecule has 2 atom stereocenters. The molecule has 0 aromatic rings. The van der Waals surface area contributed by atoms with E-state index in [1.54, 1.807) is 7.11 Å². The van der Waals surface area contributed by atoms with Crippen LogP contribution in [0.15, 0.2) is 0 Å². The van der Waals surface area contributed by atoms with Gasteiger partial charge in [0.1, 0.15) is 0 Å². The standard InChI is InChI=1S/C14H27N3O2/c1-19-9-7-16-14(18)11-17-8-3-5-13(17)12-4-2-6-15-10-12/h12-13,15H,2-11H2,1H3,(H,16,18). The minimum absolute atomic E-state index is 0.132. The van der Waals surface area contributed by atoms with Crippen LogP contribution in [0.4, 0.5) is 0 Å². The summed E-state index contributed by atoms with van der Waals surface area (Å²) < 4.78 is 4.94. The van der Waals surface area contributed by atoms with Gasteiger partial charge in [-0.2, -0.15) is 0 Å². The van der Waals surface area contributed by atoms with E-state index in [9.17, 15) is 4.79 Å². The Morgan fingerprint density at radius 1 is 1.42 bits per heavy atom. The third kappa shape index (κ3) is 4.44. The molecule has 19 heavy (non-hydrogen) atoms. The average molecular weight is 269 g/mol. The topological polar surface area (TPSA) is 53.6 Å². The molecule has 2 saturated heterocycles. The van der Waals surface area contributed by atoms with Crippen molar-refractivity contribution in [3.8, 4) is 0 Å². The summed E-state index contributed by atoms with van der Waals surface area (Å²) in [4.78, 5) is 14.3. The number of hydrogen-bond donors (Lipinski definition) is 2. The van der Waals surface area contributed by atoms with Crippen molar-refractivity contribution >= 4 is 5.91 Å². The number of carbonyl (C=O) groups excluding carboxylic acids is 1. The highest BCUT2D eigenvalue weighted by Gasteiger charge is 2.33. The molecular weight excluding hydrogens is 242 g/mol. The number of nitrogens with one attached hydrogen (secondary N) is 2. The SMILES string of the molecule is COCCNC(=O)CN1CCCC1C1CCCNC1. The highest BCUT2D eigenvalue weighted by atomic mass is 16.5. The molecule has 5 heteroatoms. The van der Waals surface area contributed by atoms with Crippen molar-refractivity contribution in [1.82, 2.24) is 15.5 Å².